The molecule has 0 saturated carbocycles. The maximum absolute atomic E-state index is 6.40. The minimum Gasteiger partial charge on any atom is -0.0839 e. The number of benzene rings is 2. The molecule has 0 bridgehead atoms. The van der Waals surface area contributed by atoms with Gasteiger partial charge in [0.2, 0.25) is 0 Å². The first-order valence-corrected chi connectivity index (χ1v) is 10.6. The lowest BCUT2D eigenvalue weighted by Gasteiger charge is -2.24. The average molecular weight is 497 g/mol. The fraction of sp³-hybridized carbons (Fsp3) is 0.133. The first-order chi connectivity index (χ1) is 11.1. The Morgan fingerprint density at radius 1 is 0.708 bits per heavy atom. The second-order valence-electron chi connectivity index (χ2n) is 4.45. The summed E-state index contributed by atoms with van der Waals surface area (Å²) in [6, 6.07) is 14.0. The fourth-order valence-electron chi connectivity index (χ4n) is 1.73. The first kappa shape index (κ1) is 21.3. The van der Waals surface area contributed by atoms with Crippen molar-refractivity contribution in [2.24, 2.45) is 0 Å². The molecule has 24 heavy (non-hydrogen) atoms. The molecule has 0 unspecified atom stereocenters. The van der Waals surface area contributed by atoms with Crippen LogP contribution in [0.3, 0.4) is 0 Å². The molecule has 2 rings (SSSR count). The smallest absolute Gasteiger partial charge is 0.0839 e. The second-order valence-corrected chi connectivity index (χ2v) is 12.4. The quantitative estimate of drug-likeness (QED) is 0.307. The zero-order chi connectivity index (χ0) is 18.0. The predicted molar refractivity (Wildman–Crippen MR) is 117 cm³/mol. The summed E-state index contributed by atoms with van der Waals surface area (Å²) < 4.78 is -2.38. The number of thioether (sulfide) groups is 2. The highest BCUT2D eigenvalue weighted by atomic mass is 35.5. The molecule has 0 aliphatic rings. The third-order valence-corrected chi connectivity index (χ3v) is 7.48. The van der Waals surface area contributed by atoms with Gasteiger partial charge in [-0.25, -0.2) is 0 Å². The van der Waals surface area contributed by atoms with Gasteiger partial charge in [-0.15, -0.1) is 0 Å². The summed E-state index contributed by atoms with van der Waals surface area (Å²) in [5.74, 6) is 0. The Kier molecular flexibility index (Phi) is 7.78. The highest BCUT2D eigenvalue weighted by molar-refractivity contribution is 8.48. The minimum atomic E-state index is -1.37. The van der Waals surface area contributed by atoms with Crippen molar-refractivity contribution in [2.75, 3.05) is 0 Å². The van der Waals surface area contributed by atoms with Crippen LogP contribution in [0, 0.1) is 0 Å². The summed E-state index contributed by atoms with van der Waals surface area (Å²) in [6.45, 7) is 0. The Bertz CT molecular complexity index is 686. The summed E-state index contributed by atoms with van der Waals surface area (Å²) in [4.78, 5) is 0. The van der Waals surface area contributed by atoms with Gasteiger partial charge in [0.25, 0.3) is 0 Å². The van der Waals surface area contributed by atoms with Crippen LogP contribution in [0.2, 0.25) is 10.0 Å². The third-order valence-electron chi connectivity index (χ3n) is 2.80. The molecular weight excluding hydrogens is 489 g/mol. The van der Waals surface area contributed by atoms with Gasteiger partial charge >= 0.3 is 0 Å². The lowest BCUT2D eigenvalue weighted by atomic mass is 10.2. The van der Waals surface area contributed by atoms with Crippen molar-refractivity contribution in [3.05, 3.63) is 69.7 Å². The molecule has 0 spiro atoms. The van der Waals surface area contributed by atoms with Crippen molar-refractivity contribution in [1.29, 1.82) is 0 Å². The lowest BCUT2D eigenvalue weighted by molar-refractivity contribution is 1.27. The summed E-state index contributed by atoms with van der Waals surface area (Å²) in [7, 11) is 0. The molecule has 0 aliphatic carbocycles. The molecule has 2 aromatic rings. The molecule has 0 radical (unpaired) electrons. The molecule has 0 saturated heterocycles. The predicted octanol–water partition coefficient (Wildman–Crippen LogP) is 8.62. The lowest BCUT2D eigenvalue weighted by Crippen LogP contribution is -2.12. The Morgan fingerprint density at radius 2 is 1.04 bits per heavy atom. The van der Waals surface area contributed by atoms with E-state index in [1.807, 2.05) is 0 Å². The van der Waals surface area contributed by atoms with Crippen molar-refractivity contribution < 1.29 is 0 Å². The first-order valence-electron chi connectivity index (χ1n) is 6.31. The Morgan fingerprint density at radius 3 is 1.38 bits per heavy atom. The van der Waals surface area contributed by atoms with Gasteiger partial charge in [-0.1, -0.05) is 142 Å². The fourth-order valence-corrected chi connectivity index (χ4v) is 7.94. The Labute approximate surface area is 184 Å². The monoisotopic (exact) mass is 494 g/mol. The Hall–Kier alpha value is 0.970. The summed E-state index contributed by atoms with van der Waals surface area (Å²) in [5.41, 5.74) is 1.07. The molecule has 9 heteroatoms. The van der Waals surface area contributed by atoms with Crippen LogP contribution in [0.4, 0.5) is 0 Å². The molecule has 0 aromatic heterocycles. The Balaban J connectivity index is 2.15. The van der Waals surface area contributed by atoms with E-state index in [1.165, 1.54) is 0 Å². The van der Waals surface area contributed by atoms with Crippen LogP contribution in [-0.4, -0.2) is 3.53 Å². The van der Waals surface area contributed by atoms with Crippen molar-refractivity contribution in [2.45, 2.75) is 7.33 Å². The van der Waals surface area contributed by atoms with Crippen LogP contribution >= 0.6 is 105 Å². The van der Waals surface area contributed by atoms with E-state index >= 15 is 0 Å². The van der Waals surface area contributed by atoms with E-state index in [4.69, 9.17) is 81.8 Å². The summed E-state index contributed by atoms with van der Waals surface area (Å²) in [6.07, 6.45) is 0. The summed E-state index contributed by atoms with van der Waals surface area (Å²) in [5, 5.41) is 0.883. The van der Waals surface area contributed by atoms with Gasteiger partial charge in [-0.3, -0.25) is 0 Å². The van der Waals surface area contributed by atoms with Crippen molar-refractivity contribution in [1.82, 2.24) is 0 Å². The van der Waals surface area contributed by atoms with E-state index in [9.17, 15) is 0 Å². The maximum atomic E-state index is 6.40. The van der Waals surface area contributed by atoms with Gasteiger partial charge in [-0.2, -0.15) is 0 Å². The number of hydrogen-bond donors (Lipinski definition) is 0. The van der Waals surface area contributed by atoms with Crippen LogP contribution in [0.15, 0.2) is 48.5 Å². The number of halogens is 6. The highest BCUT2D eigenvalue weighted by Gasteiger charge is 2.36. The summed E-state index contributed by atoms with van der Waals surface area (Å²) >= 11 is 45.3. The normalized spacial score (nSPS) is 12.2. The molecule has 0 N–H and O–H groups in total. The third kappa shape index (κ3) is 5.48. The number of rotatable bonds is 4. The van der Waals surface area contributed by atoms with Gasteiger partial charge < -0.3 is 0 Å². The van der Waals surface area contributed by atoms with E-state index in [0.29, 0.717) is 24.7 Å². The minimum absolute atomic E-state index is 0.352. The number of thiocarbonyl (C=S) groups is 1. The van der Waals surface area contributed by atoms with Crippen LogP contribution in [-0.2, 0) is 7.33 Å². The van der Waals surface area contributed by atoms with Crippen LogP contribution < -0.4 is 0 Å². The number of hydrogen-bond acceptors (Lipinski definition) is 3. The highest BCUT2D eigenvalue weighted by Crippen LogP contribution is 2.55. The number of alkyl halides is 4. The van der Waals surface area contributed by atoms with E-state index in [0.717, 1.165) is 23.5 Å². The van der Waals surface area contributed by atoms with Gasteiger partial charge in [-0.05, 0) is 12.1 Å². The zero-order valence-electron chi connectivity index (χ0n) is 11.6. The molecule has 0 amide bonds. The van der Waals surface area contributed by atoms with Crippen molar-refractivity contribution >= 4 is 109 Å². The van der Waals surface area contributed by atoms with Gasteiger partial charge in [0.05, 0.1) is 0 Å². The van der Waals surface area contributed by atoms with Crippen molar-refractivity contribution in [3.8, 4) is 0 Å². The van der Waals surface area contributed by atoms with Gasteiger partial charge in [0.1, 0.15) is 3.53 Å². The molecule has 0 aliphatic heterocycles. The molecule has 0 atom stereocenters. The maximum Gasteiger partial charge on any atom is 0.195 e. The molecule has 128 valence electrons. The molecule has 0 heterocycles. The molecular formula is C15H8Cl6S3. The van der Waals surface area contributed by atoms with Crippen LogP contribution in [0.5, 0.6) is 0 Å². The van der Waals surface area contributed by atoms with Crippen LogP contribution in [0.1, 0.15) is 11.1 Å². The average Bonchev–Trinajstić information content (AvgIpc) is 2.46. The van der Waals surface area contributed by atoms with E-state index in [1.54, 1.807) is 48.5 Å². The van der Waals surface area contributed by atoms with Crippen LogP contribution in [0.25, 0.3) is 0 Å². The molecule has 2 aromatic carbocycles. The standard InChI is InChI=1S/C15H8Cl6S3/c16-11-7-3-1-5-9(11)14(18,19)23-13(22)24-15(20,21)10-6-2-4-8-12(10)17/h1-8H. The zero-order valence-corrected chi connectivity index (χ0v) is 18.6. The molecule has 0 fully saturated rings. The topological polar surface area (TPSA) is 0 Å². The largest absolute Gasteiger partial charge is 0.195 e. The molecule has 0 nitrogen and oxygen atoms in total. The van der Waals surface area contributed by atoms with E-state index < -0.39 is 7.33 Å². The van der Waals surface area contributed by atoms with Crippen molar-refractivity contribution in [3.63, 3.8) is 0 Å². The van der Waals surface area contributed by atoms with E-state index in [-0.39, 0.29) is 0 Å². The van der Waals surface area contributed by atoms with E-state index in [2.05, 4.69) is 0 Å². The van der Waals surface area contributed by atoms with Gasteiger partial charge in [0.15, 0.2) is 7.33 Å². The second kappa shape index (κ2) is 8.77. The van der Waals surface area contributed by atoms with Gasteiger partial charge in [0, 0.05) is 21.2 Å². The SMILES string of the molecule is S=C(SC(Cl)(Cl)c1ccccc1Cl)SC(Cl)(Cl)c1ccccc1Cl.